The number of hydrogen-bond donors (Lipinski definition) is 0. The average Bonchev–Trinajstić information content (AvgIpc) is 2.50. The van der Waals surface area contributed by atoms with Gasteiger partial charge in [0.2, 0.25) is 0 Å². The van der Waals surface area contributed by atoms with E-state index in [-0.39, 0.29) is 60.9 Å². The second-order valence-corrected chi connectivity index (χ2v) is 5.72. The van der Waals surface area contributed by atoms with E-state index in [1.807, 2.05) is 0 Å². The van der Waals surface area contributed by atoms with Crippen LogP contribution in [0.25, 0.3) is 0 Å². The van der Waals surface area contributed by atoms with Gasteiger partial charge in [0.15, 0.2) is 0 Å². The number of unbranched alkanes of at least 4 members (excludes halogenated alkanes) is 6. The topological polar surface area (TPSA) is 80.3 Å². The van der Waals surface area contributed by atoms with Gasteiger partial charge in [0, 0.05) is 0 Å². The first kappa shape index (κ1) is 22.7. The van der Waals surface area contributed by atoms with Crippen LogP contribution >= 0.6 is 0 Å². The molecule has 0 heterocycles. The van der Waals surface area contributed by atoms with Gasteiger partial charge in [-0.25, -0.2) is 0 Å². The molecule has 1 aromatic rings. The molecule has 1 rings (SSSR count). The molecule has 0 aliphatic heterocycles. The number of rotatable bonds is 11. The summed E-state index contributed by atoms with van der Waals surface area (Å²) in [5.74, 6) is -3.19. The van der Waals surface area contributed by atoms with Crippen LogP contribution in [-0.2, 0) is 15.0 Å². The number of aliphatic carboxylic acids is 2. The van der Waals surface area contributed by atoms with Gasteiger partial charge in [-0.05, 0) is 12.0 Å². The Bertz CT molecular complexity index is 459. The molecule has 5 heteroatoms. The fourth-order valence-corrected chi connectivity index (χ4v) is 2.74. The minimum absolute atomic E-state index is 0. The summed E-state index contributed by atoms with van der Waals surface area (Å²) in [6.07, 6.45) is 6.99. The Morgan fingerprint density at radius 3 is 1.83 bits per heavy atom. The van der Waals surface area contributed by atoms with Crippen molar-refractivity contribution in [2.45, 2.75) is 63.7 Å². The van der Waals surface area contributed by atoms with E-state index in [0.29, 0.717) is 6.42 Å². The number of hydrogen-bond acceptors (Lipinski definition) is 4. The first-order valence-corrected chi connectivity index (χ1v) is 8.04. The molecule has 0 bridgehead atoms. The number of carbonyl (C=O) groups excluding carboxylic acids is 2. The molecule has 122 valence electrons. The van der Waals surface area contributed by atoms with Crippen molar-refractivity contribution in [1.29, 1.82) is 0 Å². The van der Waals surface area contributed by atoms with Gasteiger partial charge in [-0.1, -0.05) is 82.2 Å². The van der Waals surface area contributed by atoms with E-state index in [1.54, 1.807) is 18.2 Å². The second-order valence-electron chi connectivity index (χ2n) is 5.72. The predicted molar refractivity (Wildman–Crippen MR) is 86.5 cm³/mol. The minimum atomic E-state index is -2.05. The van der Waals surface area contributed by atoms with E-state index < -0.39 is 17.4 Å². The molecule has 4 nitrogen and oxygen atoms in total. The molecule has 0 aliphatic carbocycles. The molecular formula is C18H24BaO4. The average molecular weight is 442 g/mol. The van der Waals surface area contributed by atoms with Crippen LogP contribution in [0.2, 0.25) is 0 Å². The summed E-state index contributed by atoms with van der Waals surface area (Å²) in [5.41, 5.74) is -1.83. The molecule has 0 unspecified atom stereocenters. The molecule has 1 aromatic carbocycles. The van der Waals surface area contributed by atoms with Crippen LogP contribution in [-0.4, -0.2) is 60.8 Å². The maximum atomic E-state index is 11.5. The molecule has 0 saturated heterocycles. The number of carboxylic acids is 2. The van der Waals surface area contributed by atoms with E-state index in [9.17, 15) is 19.8 Å². The van der Waals surface area contributed by atoms with Crippen molar-refractivity contribution in [3.05, 3.63) is 35.9 Å². The van der Waals surface area contributed by atoms with Crippen molar-refractivity contribution in [3.63, 3.8) is 0 Å². The van der Waals surface area contributed by atoms with E-state index in [2.05, 4.69) is 6.92 Å². The third-order valence-electron chi connectivity index (χ3n) is 4.12. The fourth-order valence-electron chi connectivity index (χ4n) is 2.74. The zero-order chi connectivity index (χ0) is 16.4. The third kappa shape index (κ3) is 6.63. The zero-order valence-corrected chi connectivity index (χ0v) is 18.3. The molecule has 0 N–H and O–H groups in total. The summed E-state index contributed by atoms with van der Waals surface area (Å²) in [4.78, 5) is 23.1. The summed E-state index contributed by atoms with van der Waals surface area (Å²) in [7, 11) is 0. The molecule has 0 saturated carbocycles. The Labute approximate surface area is 178 Å². The van der Waals surface area contributed by atoms with Crippen molar-refractivity contribution in [1.82, 2.24) is 0 Å². The van der Waals surface area contributed by atoms with Gasteiger partial charge in [0.25, 0.3) is 0 Å². The van der Waals surface area contributed by atoms with Gasteiger partial charge in [0.1, 0.15) is 0 Å². The summed E-state index contributed by atoms with van der Waals surface area (Å²) < 4.78 is 0. The smallest absolute Gasteiger partial charge is 0.549 e. The molecule has 0 fully saturated rings. The Morgan fingerprint density at radius 2 is 1.35 bits per heavy atom. The standard InChI is InChI=1S/C18H26O4.Ba/c1-2-3-4-5-6-7-11-14-18(16(19)20,17(21)22)15-12-9-8-10-13-15;/h8-10,12-13H,2-7,11,14H2,1H3,(H,19,20)(H,21,22);/q;+2/p-2. The largest absolute Gasteiger partial charge is 2.00 e. The van der Waals surface area contributed by atoms with Crippen molar-refractivity contribution in [2.75, 3.05) is 0 Å². The van der Waals surface area contributed by atoms with Crippen LogP contribution in [0.3, 0.4) is 0 Å². The van der Waals surface area contributed by atoms with Gasteiger partial charge >= 0.3 is 48.9 Å². The van der Waals surface area contributed by atoms with Crippen LogP contribution < -0.4 is 10.2 Å². The van der Waals surface area contributed by atoms with Crippen molar-refractivity contribution in [3.8, 4) is 0 Å². The first-order chi connectivity index (χ1) is 10.6. The van der Waals surface area contributed by atoms with Crippen molar-refractivity contribution >= 4 is 60.8 Å². The Balaban J connectivity index is 0.00000484. The maximum Gasteiger partial charge on any atom is 2.00 e. The van der Waals surface area contributed by atoms with Crippen molar-refractivity contribution < 1.29 is 19.8 Å². The van der Waals surface area contributed by atoms with Crippen LogP contribution in [0.4, 0.5) is 0 Å². The van der Waals surface area contributed by atoms with Gasteiger partial charge in [0.05, 0.1) is 17.4 Å². The SMILES string of the molecule is CCCCCCCCCC(C(=O)[O-])(C(=O)[O-])c1ccccc1.[Ba+2]. The van der Waals surface area contributed by atoms with Gasteiger partial charge in [-0.2, -0.15) is 0 Å². The second kappa shape index (κ2) is 12.1. The summed E-state index contributed by atoms with van der Waals surface area (Å²) in [5, 5.41) is 23.1. The monoisotopic (exact) mass is 442 g/mol. The molecule has 0 atom stereocenters. The van der Waals surface area contributed by atoms with E-state index in [1.165, 1.54) is 31.4 Å². The predicted octanol–water partition coefficient (Wildman–Crippen LogP) is 1.18. The number of carboxylic acid groups (broad SMARTS) is 2. The fraction of sp³-hybridized carbons (Fsp3) is 0.556. The number of benzene rings is 1. The number of carbonyl (C=O) groups is 2. The quantitative estimate of drug-likeness (QED) is 0.293. The van der Waals surface area contributed by atoms with Crippen molar-refractivity contribution in [2.24, 2.45) is 0 Å². The Hall–Kier alpha value is -0.269. The summed E-state index contributed by atoms with van der Waals surface area (Å²) in [6, 6.07) is 7.98. The summed E-state index contributed by atoms with van der Waals surface area (Å²) in [6.45, 7) is 2.15. The Morgan fingerprint density at radius 1 is 0.870 bits per heavy atom. The molecule has 0 radical (unpaired) electrons. The van der Waals surface area contributed by atoms with E-state index >= 15 is 0 Å². The maximum absolute atomic E-state index is 11.5. The molecule has 23 heavy (non-hydrogen) atoms. The first-order valence-electron chi connectivity index (χ1n) is 8.04. The van der Waals surface area contributed by atoms with Crippen LogP contribution in [0.15, 0.2) is 30.3 Å². The van der Waals surface area contributed by atoms with Crippen LogP contribution in [0.1, 0.15) is 63.9 Å². The van der Waals surface area contributed by atoms with Gasteiger partial charge in [-0.15, -0.1) is 0 Å². The minimum Gasteiger partial charge on any atom is -0.549 e. The Kier molecular flexibility index (Phi) is 12.0. The summed E-state index contributed by atoms with van der Waals surface area (Å²) >= 11 is 0. The van der Waals surface area contributed by atoms with Crippen LogP contribution in [0.5, 0.6) is 0 Å². The van der Waals surface area contributed by atoms with Gasteiger partial charge < -0.3 is 19.8 Å². The van der Waals surface area contributed by atoms with Crippen LogP contribution in [0, 0.1) is 0 Å². The molecule has 0 amide bonds. The molecule has 0 spiro atoms. The normalized spacial score (nSPS) is 10.8. The van der Waals surface area contributed by atoms with E-state index in [4.69, 9.17) is 0 Å². The van der Waals surface area contributed by atoms with E-state index in [0.717, 1.165) is 19.3 Å². The molecule has 0 aromatic heterocycles. The molecule has 0 aliphatic rings. The zero-order valence-electron chi connectivity index (χ0n) is 13.9. The van der Waals surface area contributed by atoms with Gasteiger partial charge in [-0.3, -0.25) is 0 Å². The third-order valence-corrected chi connectivity index (χ3v) is 4.12. The molecular weight excluding hydrogens is 418 g/mol.